The third-order valence-corrected chi connectivity index (χ3v) is 13.3. The van der Waals surface area contributed by atoms with Crippen LogP contribution in [0.3, 0.4) is 0 Å². The third kappa shape index (κ3) is 8.63. The number of rotatable bonds is 6. The van der Waals surface area contributed by atoms with Gasteiger partial charge in [0.05, 0.1) is 8.32 Å². The van der Waals surface area contributed by atoms with Crippen LogP contribution in [0, 0.1) is 17.5 Å². The van der Waals surface area contributed by atoms with Crippen molar-refractivity contribution < 1.29 is 31.4 Å². The minimum Gasteiger partial charge on any atom is -0.501 e. The second-order valence-corrected chi connectivity index (χ2v) is 26.3. The van der Waals surface area contributed by atoms with E-state index in [0.29, 0.717) is 27.9 Å². The maximum absolute atomic E-state index is 9.29. The number of pyridine rings is 2. The molecule has 0 N–H and O–H groups in total. The minimum atomic E-state index is -2.03. The van der Waals surface area contributed by atoms with Gasteiger partial charge >= 0.3 is 120 Å². The van der Waals surface area contributed by atoms with Gasteiger partial charge in [-0.1, -0.05) is 92.4 Å². The van der Waals surface area contributed by atoms with Crippen molar-refractivity contribution in [3.8, 4) is 33.6 Å². The summed E-state index contributed by atoms with van der Waals surface area (Å²) in [4.78, 5) is 9.19. The maximum atomic E-state index is 9.29. The SMILES string of the molecule is [2H]C(C)(C)c1cc(-c2[c-]cccc2)nc[c]1[Ge]([CH3])([CH3])[CH3].[2H]c1nc(-c2[c-]ccc3c2oc2cc4ccccc4cc23)c([2H])c(C([2H])([2H])C(C)(C)C)c1-c1ccccc1.[Ir]. The molecule has 0 saturated heterocycles. The van der Waals surface area contributed by atoms with E-state index in [4.69, 9.17) is 9.90 Å². The second-order valence-electron chi connectivity index (χ2n) is 15.7. The summed E-state index contributed by atoms with van der Waals surface area (Å²) < 4.78 is 52.6. The fraction of sp³-hybridized carbons (Fsp3) is 0.224. The molecule has 0 saturated carbocycles. The van der Waals surface area contributed by atoms with E-state index in [2.05, 4.69) is 57.6 Å². The predicted octanol–water partition coefficient (Wildman–Crippen LogP) is 13.1. The Balaban J connectivity index is 0.000000236. The molecule has 275 valence electrons. The normalized spacial score (nSPS) is 13.6. The van der Waals surface area contributed by atoms with E-state index in [1.807, 2.05) is 126 Å². The Morgan fingerprint density at radius 3 is 2.19 bits per heavy atom. The van der Waals surface area contributed by atoms with Crippen LogP contribution in [0.4, 0.5) is 0 Å². The van der Waals surface area contributed by atoms with Crippen molar-refractivity contribution in [2.45, 2.75) is 64.2 Å². The van der Waals surface area contributed by atoms with E-state index >= 15 is 0 Å². The topological polar surface area (TPSA) is 38.9 Å². The zero-order chi connectivity index (χ0) is 41.8. The summed E-state index contributed by atoms with van der Waals surface area (Å²) >= 11 is -2.03. The molecule has 0 spiro atoms. The first-order chi connectivity index (χ1) is 27.3. The average Bonchev–Trinajstić information content (AvgIpc) is 3.54. The van der Waals surface area contributed by atoms with Crippen molar-refractivity contribution in [3.05, 3.63) is 151 Å². The van der Waals surface area contributed by atoms with Gasteiger partial charge < -0.3 is 9.40 Å². The monoisotopic (exact) mass is 952 g/mol. The number of hydrogen-bond acceptors (Lipinski definition) is 3. The molecule has 3 nitrogen and oxygen atoms in total. The van der Waals surface area contributed by atoms with Gasteiger partial charge in [-0.2, -0.15) is 0 Å². The first kappa shape index (κ1) is 33.0. The quantitative estimate of drug-likeness (QED) is 0.123. The van der Waals surface area contributed by atoms with Crippen LogP contribution in [0.25, 0.3) is 66.4 Å². The standard InChI is InChI=1S/C32H26NO.C17H22GeN.Ir/c1-32(2,3)19-24-17-29(33-20-28(24)21-10-5-4-6-11-21)26-15-9-14-25-27-16-22-12-7-8-13-23(22)18-30(27)34-31(25)26;1-13(2)15-11-17(14-9-7-6-8-10-14)19-12-16(15)18(3,4)5;/h4-14,16-18,20H,19H2,1-3H3;6-9,11-13H,1-5H3;/q2*-1;/i17D,19D2,20D;13D;. The fourth-order valence-electron chi connectivity index (χ4n) is 6.55. The summed E-state index contributed by atoms with van der Waals surface area (Å²) in [6.07, 6.45) is -0.0121. The van der Waals surface area contributed by atoms with E-state index in [9.17, 15) is 1.37 Å². The first-order valence-electron chi connectivity index (χ1n) is 20.6. The van der Waals surface area contributed by atoms with Gasteiger partial charge in [0.2, 0.25) is 0 Å². The molecular formula is C49H48GeIrN2O-2. The van der Waals surface area contributed by atoms with Crippen LogP contribution in [0.5, 0.6) is 0 Å². The summed E-state index contributed by atoms with van der Waals surface area (Å²) in [6.45, 7) is 9.34. The summed E-state index contributed by atoms with van der Waals surface area (Å²) in [5.74, 6) is 6.45. The number of nitrogens with zero attached hydrogens (tertiary/aromatic N) is 2. The number of fused-ring (bicyclic) bond motifs is 4. The van der Waals surface area contributed by atoms with Crippen molar-refractivity contribution in [2.75, 3.05) is 0 Å². The molecule has 0 aliphatic heterocycles. The van der Waals surface area contributed by atoms with Crippen molar-refractivity contribution in [1.29, 1.82) is 0 Å². The number of furan rings is 1. The molecule has 5 heteroatoms. The molecule has 0 amide bonds. The van der Waals surface area contributed by atoms with Gasteiger partial charge in [0.15, 0.2) is 0 Å². The number of benzene rings is 5. The molecule has 3 heterocycles. The number of aromatic nitrogens is 2. The first-order valence-corrected chi connectivity index (χ1v) is 25.4. The van der Waals surface area contributed by atoms with Gasteiger partial charge in [-0.3, -0.25) is 0 Å². The van der Waals surface area contributed by atoms with Crippen molar-refractivity contribution in [2.24, 2.45) is 5.41 Å². The Morgan fingerprint density at radius 2 is 1.52 bits per heavy atom. The van der Waals surface area contributed by atoms with Crippen molar-refractivity contribution >= 4 is 50.4 Å². The minimum absolute atomic E-state index is 0. The molecule has 1 radical (unpaired) electrons. The summed E-state index contributed by atoms with van der Waals surface area (Å²) in [5.41, 5.74) is 5.20. The van der Waals surface area contributed by atoms with E-state index in [1.54, 1.807) is 6.07 Å². The zero-order valence-electron chi connectivity index (χ0n) is 37.1. The molecule has 5 aromatic carbocycles. The van der Waals surface area contributed by atoms with Crippen LogP contribution in [0.2, 0.25) is 17.3 Å². The third-order valence-electron chi connectivity index (χ3n) is 9.11. The Morgan fingerprint density at radius 1 is 0.815 bits per heavy atom. The predicted molar refractivity (Wildman–Crippen MR) is 227 cm³/mol. The Bertz CT molecular complexity index is 2790. The van der Waals surface area contributed by atoms with Crippen LogP contribution < -0.4 is 4.40 Å². The van der Waals surface area contributed by atoms with Crippen LogP contribution in [-0.2, 0) is 26.5 Å². The molecule has 0 atom stereocenters. The van der Waals surface area contributed by atoms with Gasteiger partial charge in [0.1, 0.15) is 5.58 Å². The van der Waals surface area contributed by atoms with Gasteiger partial charge in [-0.15, -0.1) is 18.2 Å². The molecule has 0 fully saturated rings. The molecule has 0 aliphatic carbocycles. The molecule has 0 aliphatic rings. The van der Waals surface area contributed by atoms with E-state index in [-0.39, 0.29) is 43.6 Å². The molecule has 8 rings (SSSR count). The second kappa shape index (κ2) is 16.2. The van der Waals surface area contributed by atoms with Crippen LogP contribution >= 0.6 is 0 Å². The van der Waals surface area contributed by atoms with Crippen LogP contribution in [0.1, 0.15) is 58.5 Å². The molecular weight excluding hydrogens is 897 g/mol. The molecule has 3 aromatic heterocycles. The van der Waals surface area contributed by atoms with Gasteiger partial charge in [0.25, 0.3) is 0 Å². The largest absolute Gasteiger partial charge is 0.501 e. The van der Waals surface area contributed by atoms with Gasteiger partial charge in [-0.05, 0) is 51.5 Å². The Kier molecular flexibility index (Phi) is 9.89. The summed E-state index contributed by atoms with van der Waals surface area (Å²) in [7, 11) is 0. The zero-order valence-corrected chi connectivity index (χ0v) is 36.6. The van der Waals surface area contributed by atoms with Gasteiger partial charge in [-0.25, -0.2) is 0 Å². The maximum Gasteiger partial charge on any atom is 0.121 e. The van der Waals surface area contributed by atoms with Gasteiger partial charge in [0, 0.05) is 40.0 Å². The van der Waals surface area contributed by atoms with E-state index < -0.39 is 30.9 Å². The smallest absolute Gasteiger partial charge is 0.121 e. The van der Waals surface area contributed by atoms with Crippen LogP contribution in [-0.4, -0.2) is 23.2 Å². The molecule has 0 unspecified atom stereocenters. The summed E-state index contributed by atoms with van der Waals surface area (Å²) in [6, 6.07) is 41.4. The van der Waals surface area contributed by atoms with Crippen molar-refractivity contribution in [3.63, 3.8) is 0 Å². The summed E-state index contributed by atoms with van der Waals surface area (Å²) in [5, 5.41) is 3.96. The fourth-order valence-corrected chi connectivity index (χ4v) is 9.87. The molecule has 8 aromatic rings. The molecule has 54 heavy (non-hydrogen) atoms. The number of hydrogen-bond donors (Lipinski definition) is 0. The van der Waals surface area contributed by atoms with E-state index in [0.717, 1.165) is 38.4 Å². The Labute approximate surface area is 344 Å². The van der Waals surface area contributed by atoms with Crippen LogP contribution in [0.15, 0.2) is 132 Å². The van der Waals surface area contributed by atoms with E-state index in [1.165, 1.54) is 4.40 Å². The van der Waals surface area contributed by atoms with Crippen molar-refractivity contribution in [1.82, 2.24) is 9.97 Å². The molecule has 0 bridgehead atoms. The average molecular weight is 951 g/mol. The Hall–Kier alpha value is -4.35.